The van der Waals surface area contributed by atoms with E-state index in [4.69, 9.17) is 0 Å². The maximum atomic E-state index is 13.4. The first kappa shape index (κ1) is 17.9. The van der Waals surface area contributed by atoms with E-state index in [0.29, 0.717) is 27.6 Å². The van der Waals surface area contributed by atoms with E-state index in [2.05, 4.69) is 10.3 Å². The van der Waals surface area contributed by atoms with E-state index in [1.165, 1.54) is 23.9 Å². The summed E-state index contributed by atoms with van der Waals surface area (Å²) in [5, 5.41) is 12.6. The highest BCUT2D eigenvalue weighted by molar-refractivity contribution is 7.98. The van der Waals surface area contributed by atoms with Crippen LogP contribution in [0.15, 0.2) is 66.1 Å². The van der Waals surface area contributed by atoms with Gasteiger partial charge in [0.1, 0.15) is 10.8 Å². The number of carbonyl (C=O) groups is 1. The van der Waals surface area contributed by atoms with Crippen LogP contribution < -0.4 is 10.0 Å². The Balaban J connectivity index is 1.74. The molecule has 26 heavy (non-hydrogen) atoms. The van der Waals surface area contributed by atoms with Crippen LogP contribution >= 0.6 is 11.8 Å². The Labute approximate surface area is 154 Å². The Morgan fingerprint density at radius 2 is 2.04 bits per heavy atom. The minimum absolute atomic E-state index is 0.298. The molecule has 0 fully saturated rings. The molecular formula is C19H17FN3O2S+. The number of nitrogens with one attached hydrogen (secondary N) is 1. The molecule has 0 aliphatic heterocycles. The lowest BCUT2D eigenvalue weighted by Gasteiger charge is -2.10. The highest BCUT2D eigenvalue weighted by Crippen LogP contribution is 2.25. The molecule has 0 unspecified atom stereocenters. The fraction of sp³-hybridized carbons (Fsp3) is 0.105. The second-order valence-electron chi connectivity index (χ2n) is 5.65. The van der Waals surface area contributed by atoms with Crippen molar-refractivity contribution in [1.82, 2.24) is 4.98 Å². The molecule has 132 valence electrons. The zero-order valence-corrected chi connectivity index (χ0v) is 14.8. The van der Waals surface area contributed by atoms with Gasteiger partial charge in [-0.05, 0) is 48.4 Å². The molecule has 7 heteroatoms. The monoisotopic (exact) mass is 370 g/mol. The Bertz CT molecular complexity index is 932. The highest BCUT2D eigenvalue weighted by Gasteiger charge is 2.14. The average Bonchev–Trinajstić information content (AvgIpc) is 2.64. The van der Waals surface area contributed by atoms with Crippen LogP contribution in [-0.2, 0) is 5.75 Å². The molecule has 1 amide bonds. The molecule has 2 aromatic heterocycles. The molecule has 0 saturated carbocycles. The predicted octanol–water partition coefficient (Wildman–Crippen LogP) is 3.60. The molecular weight excluding hydrogens is 353 g/mol. The van der Waals surface area contributed by atoms with Gasteiger partial charge in [0.25, 0.3) is 5.91 Å². The summed E-state index contributed by atoms with van der Waals surface area (Å²) in [5.74, 6) is -0.00565. The predicted molar refractivity (Wildman–Crippen MR) is 96.7 cm³/mol. The van der Waals surface area contributed by atoms with E-state index in [1.807, 2.05) is 0 Å². The maximum absolute atomic E-state index is 13.4. The number of hydrogen-bond acceptors (Lipinski definition) is 4. The summed E-state index contributed by atoms with van der Waals surface area (Å²) < 4.78 is 14.3. The van der Waals surface area contributed by atoms with Crippen molar-refractivity contribution >= 4 is 23.4 Å². The summed E-state index contributed by atoms with van der Waals surface area (Å²) in [5.41, 5.74) is 2.44. The van der Waals surface area contributed by atoms with Crippen molar-refractivity contribution in [1.29, 1.82) is 0 Å². The minimum atomic E-state index is -0.312. The van der Waals surface area contributed by atoms with Crippen molar-refractivity contribution in [3.8, 4) is 0 Å². The molecule has 0 atom stereocenters. The van der Waals surface area contributed by atoms with Gasteiger partial charge < -0.3 is 5.32 Å². The Morgan fingerprint density at radius 3 is 2.77 bits per heavy atom. The Morgan fingerprint density at radius 1 is 1.27 bits per heavy atom. The van der Waals surface area contributed by atoms with Crippen LogP contribution in [0.5, 0.6) is 0 Å². The molecule has 1 aromatic carbocycles. The molecule has 0 aliphatic rings. The number of aromatic nitrogens is 2. The van der Waals surface area contributed by atoms with Crippen LogP contribution in [-0.4, -0.2) is 16.1 Å². The lowest BCUT2D eigenvalue weighted by atomic mass is 10.2. The van der Waals surface area contributed by atoms with Crippen molar-refractivity contribution in [3.63, 3.8) is 0 Å². The van der Waals surface area contributed by atoms with Crippen LogP contribution in [0.2, 0.25) is 0 Å². The van der Waals surface area contributed by atoms with Crippen molar-refractivity contribution in [2.45, 2.75) is 17.7 Å². The minimum Gasteiger partial charge on any atom is -0.322 e. The summed E-state index contributed by atoms with van der Waals surface area (Å²) in [6.07, 6.45) is 4.71. The van der Waals surface area contributed by atoms with Gasteiger partial charge in [-0.2, -0.15) is 0 Å². The van der Waals surface area contributed by atoms with E-state index in [9.17, 15) is 14.4 Å². The van der Waals surface area contributed by atoms with E-state index >= 15 is 0 Å². The van der Waals surface area contributed by atoms with Crippen molar-refractivity contribution < 1.29 is 19.1 Å². The second-order valence-corrected chi connectivity index (χ2v) is 6.61. The molecule has 5 nitrogen and oxygen atoms in total. The smallest absolute Gasteiger partial charge is 0.258 e. The molecule has 2 N–H and O–H groups in total. The lowest BCUT2D eigenvalue weighted by molar-refractivity contribution is -0.904. The number of hydrogen-bond donors (Lipinski definition) is 2. The van der Waals surface area contributed by atoms with Crippen LogP contribution in [0.4, 0.5) is 10.1 Å². The number of rotatable bonds is 5. The summed E-state index contributed by atoms with van der Waals surface area (Å²) >= 11 is 1.43. The number of thioether (sulfide) groups is 1. The summed E-state index contributed by atoms with van der Waals surface area (Å²) in [6, 6.07) is 11.4. The van der Waals surface area contributed by atoms with Crippen molar-refractivity contribution in [2.24, 2.45) is 0 Å². The van der Waals surface area contributed by atoms with Crippen LogP contribution in [0.3, 0.4) is 0 Å². The summed E-state index contributed by atoms with van der Waals surface area (Å²) in [4.78, 5) is 16.9. The van der Waals surface area contributed by atoms with Gasteiger partial charge >= 0.3 is 0 Å². The topological polar surface area (TPSA) is 66.1 Å². The second kappa shape index (κ2) is 7.97. The first-order valence-corrected chi connectivity index (χ1v) is 8.86. The lowest BCUT2D eigenvalue weighted by Crippen LogP contribution is -2.27. The number of nitrogens with zero attached hydrogens (tertiary/aromatic N) is 2. The number of aryl methyl sites for hydroxylation is 1. The zero-order chi connectivity index (χ0) is 18.5. The van der Waals surface area contributed by atoms with Gasteiger partial charge in [0.05, 0.1) is 5.56 Å². The van der Waals surface area contributed by atoms with E-state index in [-0.39, 0.29) is 11.7 Å². The molecule has 0 bridgehead atoms. The van der Waals surface area contributed by atoms with Gasteiger partial charge in [-0.1, -0.05) is 0 Å². The summed E-state index contributed by atoms with van der Waals surface area (Å²) in [6.45, 7) is 1.65. The summed E-state index contributed by atoms with van der Waals surface area (Å²) in [7, 11) is 0. The third-order valence-electron chi connectivity index (χ3n) is 3.69. The standard InChI is InChI=1S/C19H16FN3O2S/c1-13-11-15(4-5-17(13)20)22-18(24)16-3-2-8-21-19(16)26-12-14-6-9-23(25)10-7-14/h2-11H,12H2,1H3,(H-,22,24,25)/p+1. The van der Waals surface area contributed by atoms with Crippen molar-refractivity contribution in [2.75, 3.05) is 5.32 Å². The van der Waals surface area contributed by atoms with Gasteiger partial charge in [-0.3, -0.25) is 10.0 Å². The third-order valence-corrected chi connectivity index (χ3v) is 4.77. The SMILES string of the molecule is Cc1cc(NC(=O)c2cccnc2SCc2cc[n+](O)cc2)ccc1F. The van der Waals surface area contributed by atoms with Crippen LogP contribution in [0, 0.1) is 12.7 Å². The first-order chi connectivity index (χ1) is 12.5. The van der Waals surface area contributed by atoms with E-state index in [0.717, 1.165) is 10.3 Å². The van der Waals surface area contributed by atoms with E-state index in [1.54, 1.807) is 55.8 Å². The normalized spacial score (nSPS) is 10.5. The van der Waals surface area contributed by atoms with Gasteiger partial charge in [-0.25, -0.2) is 9.37 Å². The molecule has 0 saturated heterocycles. The van der Waals surface area contributed by atoms with Crippen LogP contribution in [0.25, 0.3) is 0 Å². The zero-order valence-electron chi connectivity index (χ0n) is 14.0. The quantitative estimate of drug-likeness (QED) is 0.409. The molecule has 0 spiro atoms. The fourth-order valence-corrected chi connectivity index (χ4v) is 3.24. The van der Waals surface area contributed by atoms with Gasteiger partial charge in [0, 0.05) is 34.5 Å². The third kappa shape index (κ3) is 4.37. The average molecular weight is 370 g/mol. The number of amides is 1. The van der Waals surface area contributed by atoms with Gasteiger partial charge in [0.2, 0.25) is 12.4 Å². The molecule has 3 rings (SSSR count). The fourth-order valence-electron chi connectivity index (χ4n) is 2.30. The molecule has 0 aliphatic carbocycles. The number of halogens is 1. The molecule has 0 radical (unpaired) electrons. The highest BCUT2D eigenvalue weighted by atomic mass is 32.2. The Hall–Kier alpha value is -2.93. The van der Waals surface area contributed by atoms with E-state index < -0.39 is 0 Å². The Kier molecular flexibility index (Phi) is 5.48. The van der Waals surface area contributed by atoms with Gasteiger partial charge in [0.15, 0.2) is 0 Å². The number of pyridine rings is 2. The number of benzene rings is 1. The first-order valence-electron chi connectivity index (χ1n) is 7.88. The van der Waals surface area contributed by atoms with Gasteiger partial charge in [-0.15, -0.1) is 11.8 Å². The van der Waals surface area contributed by atoms with Crippen molar-refractivity contribution in [3.05, 3.63) is 83.6 Å². The molecule has 3 aromatic rings. The molecule has 2 heterocycles. The maximum Gasteiger partial charge on any atom is 0.258 e. The van der Waals surface area contributed by atoms with Crippen LogP contribution in [0.1, 0.15) is 21.5 Å². The number of carbonyl (C=O) groups excluding carboxylic acids is 1. The largest absolute Gasteiger partial charge is 0.322 e. The number of anilines is 1.